The predicted molar refractivity (Wildman–Crippen MR) is 60.6 cm³/mol. The van der Waals surface area contributed by atoms with Crippen molar-refractivity contribution in [2.75, 3.05) is 12.3 Å². The van der Waals surface area contributed by atoms with Gasteiger partial charge in [-0.05, 0) is 31.0 Å². The Kier molecular flexibility index (Phi) is 4.30. The van der Waals surface area contributed by atoms with Crippen molar-refractivity contribution in [2.24, 2.45) is 0 Å². The summed E-state index contributed by atoms with van der Waals surface area (Å²) in [5, 5.41) is 0. The zero-order valence-electron chi connectivity index (χ0n) is 9.05. The first kappa shape index (κ1) is 10.9. The van der Waals surface area contributed by atoms with E-state index in [1.165, 1.54) is 18.4 Å². The summed E-state index contributed by atoms with van der Waals surface area (Å²) in [7, 11) is 0. The van der Waals surface area contributed by atoms with Crippen LogP contribution in [0.15, 0.2) is 18.2 Å². The zero-order chi connectivity index (χ0) is 10.4. The normalized spacial score (nSPS) is 10.1. The molecule has 0 fully saturated rings. The van der Waals surface area contributed by atoms with E-state index in [4.69, 9.17) is 10.5 Å². The number of benzene rings is 1. The molecule has 2 nitrogen and oxygen atoms in total. The first-order valence-electron chi connectivity index (χ1n) is 5.23. The molecule has 1 aromatic rings. The van der Waals surface area contributed by atoms with Gasteiger partial charge in [-0.25, -0.2) is 0 Å². The molecule has 2 N–H and O–H groups in total. The summed E-state index contributed by atoms with van der Waals surface area (Å²) in [6.45, 7) is 4.99. The minimum Gasteiger partial charge on any atom is -0.491 e. The molecule has 1 rings (SSSR count). The van der Waals surface area contributed by atoms with Crippen LogP contribution in [0, 0.1) is 6.92 Å². The summed E-state index contributed by atoms with van der Waals surface area (Å²) in [5.74, 6) is 0.820. The molecule has 0 unspecified atom stereocenters. The molecule has 0 saturated carbocycles. The summed E-state index contributed by atoms with van der Waals surface area (Å²) < 4.78 is 5.59. The van der Waals surface area contributed by atoms with Crippen molar-refractivity contribution in [3.8, 4) is 5.75 Å². The lowest BCUT2D eigenvalue weighted by Crippen LogP contribution is -2.00. The van der Waals surface area contributed by atoms with E-state index >= 15 is 0 Å². The largest absolute Gasteiger partial charge is 0.491 e. The molecule has 0 spiro atoms. The fraction of sp³-hybridized carbons (Fsp3) is 0.500. The van der Waals surface area contributed by atoms with Gasteiger partial charge in [0, 0.05) is 0 Å². The van der Waals surface area contributed by atoms with Crippen LogP contribution in [0.4, 0.5) is 5.69 Å². The summed E-state index contributed by atoms with van der Waals surface area (Å²) in [6, 6.07) is 5.88. The van der Waals surface area contributed by atoms with E-state index in [1.807, 2.05) is 25.1 Å². The number of aryl methyl sites for hydroxylation is 1. The maximum absolute atomic E-state index is 5.78. The molecular formula is C12H19NO. The van der Waals surface area contributed by atoms with Crippen molar-refractivity contribution in [3.05, 3.63) is 23.8 Å². The van der Waals surface area contributed by atoms with Crippen LogP contribution in [0.1, 0.15) is 31.7 Å². The van der Waals surface area contributed by atoms with Gasteiger partial charge >= 0.3 is 0 Å². The SMILES string of the molecule is CCCCCOc1cc(C)ccc1N. The molecule has 0 saturated heterocycles. The van der Waals surface area contributed by atoms with Crippen LogP contribution < -0.4 is 10.5 Å². The molecular weight excluding hydrogens is 174 g/mol. The number of nitrogen functional groups attached to an aromatic ring is 1. The van der Waals surface area contributed by atoms with Crippen LogP contribution in [0.5, 0.6) is 5.75 Å². The Morgan fingerprint density at radius 2 is 2.07 bits per heavy atom. The number of unbranched alkanes of at least 4 members (excludes halogenated alkanes) is 2. The molecule has 1 aromatic carbocycles. The van der Waals surface area contributed by atoms with Crippen molar-refractivity contribution >= 4 is 5.69 Å². The van der Waals surface area contributed by atoms with E-state index in [-0.39, 0.29) is 0 Å². The zero-order valence-corrected chi connectivity index (χ0v) is 9.05. The average molecular weight is 193 g/mol. The number of anilines is 1. The van der Waals surface area contributed by atoms with E-state index < -0.39 is 0 Å². The van der Waals surface area contributed by atoms with Gasteiger partial charge in [-0.1, -0.05) is 25.8 Å². The van der Waals surface area contributed by atoms with Gasteiger partial charge in [-0.15, -0.1) is 0 Å². The van der Waals surface area contributed by atoms with Crippen molar-refractivity contribution in [3.63, 3.8) is 0 Å². The van der Waals surface area contributed by atoms with Crippen LogP contribution >= 0.6 is 0 Å². The molecule has 14 heavy (non-hydrogen) atoms. The van der Waals surface area contributed by atoms with Gasteiger partial charge in [-0.3, -0.25) is 0 Å². The van der Waals surface area contributed by atoms with Crippen molar-refractivity contribution < 1.29 is 4.74 Å². The average Bonchev–Trinajstić information content (AvgIpc) is 2.18. The van der Waals surface area contributed by atoms with Crippen LogP contribution in [0.25, 0.3) is 0 Å². The molecule has 0 aromatic heterocycles. The van der Waals surface area contributed by atoms with Crippen LogP contribution in [0.3, 0.4) is 0 Å². The maximum Gasteiger partial charge on any atom is 0.142 e. The van der Waals surface area contributed by atoms with E-state index in [1.54, 1.807) is 0 Å². The highest BCUT2D eigenvalue weighted by Crippen LogP contribution is 2.22. The maximum atomic E-state index is 5.78. The lowest BCUT2D eigenvalue weighted by molar-refractivity contribution is 0.307. The second kappa shape index (κ2) is 5.53. The van der Waals surface area contributed by atoms with E-state index in [0.29, 0.717) is 0 Å². The van der Waals surface area contributed by atoms with Gasteiger partial charge in [0.05, 0.1) is 12.3 Å². The molecule has 0 aliphatic heterocycles. The van der Waals surface area contributed by atoms with Gasteiger partial charge in [0.2, 0.25) is 0 Å². The molecule has 78 valence electrons. The Hall–Kier alpha value is -1.18. The van der Waals surface area contributed by atoms with Crippen molar-refractivity contribution in [1.82, 2.24) is 0 Å². The molecule has 0 aliphatic carbocycles. The second-order valence-electron chi connectivity index (χ2n) is 3.60. The van der Waals surface area contributed by atoms with Gasteiger partial charge in [-0.2, -0.15) is 0 Å². The van der Waals surface area contributed by atoms with E-state index in [9.17, 15) is 0 Å². The fourth-order valence-electron chi connectivity index (χ4n) is 1.30. The third kappa shape index (κ3) is 3.29. The Balaban J connectivity index is 2.45. The Morgan fingerprint density at radius 3 is 2.79 bits per heavy atom. The molecule has 2 heteroatoms. The van der Waals surface area contributed by atoms with E-state index in [2.05, 4.69) is 6.92 Å². The molecule has 0 radical (unpaired) electrons. The number of nitrogens with two attached hydrogens (primary N) is 1. The minimum atomic E-state index is 0.729. The Labute approximate surface area is 86.1 Å². The molecule has 0 atom stereocenters. The standard InChI is InChI=1S/C12H19NO/c1-3-4-5-8-14-12-9-10(2)6-7-11(12)13/h6-7,9H,3-5,8,13H2,1-2H3. The number of hydrogen-bond acceptors (Lipinski definition) is 2. The number of hydrogen-bond donors (Lipinski definition) is 1. The highest BCUT2D eigenvalue weighted by atomic mass is 16.5. The molecule has 0 amide bonds. The van der Waals surface area contributed by atoms with Crippen molar-refractivity contribution in [2.45, 2.75) is 33.1 Å². The first-order valence-corrected chi connectivity index (χ1v) is 5.23. The molecule has 0 aliphatic rings. The van der Waals surface area contributed by atoms with Gasteiger partial charge in [0.25, 0.3) is 0 Å². The summed E-state index contributed by atoms with van der Waals surface area (Å²) >= 11 is 0. The number of rotatable bonds is 5. The molecule has 0 heterocycles. The third-order valence-corrected chi connectivity index (χ3v) is 2.17. The Bertz CT molecular complexity index is 284. The van der Waals surface area contributed by atoms with E-state index in [0.717, 1.165) is 24.5 Å². The lowest BCUT2D eigenvalue weighted by Gasteiger charge is -2.08. The van der Waals surface area contributed by atoms with Gasteiger partial charge < -0.3 is 10.5 Å². The summed E-state index contributed by atoms with van der Waals surface area (Å²) in [6.07, 6.45) is 3.53. The highest BCUT2D eigenvalue weighted by molar-refractivity contribution is 5.53. The highest BCUT2D eigenvalue weighted by Gasteiger charge is 1.99. The molecule has 0 bridgehead atoms. The monoisotopic (exact) mass is 193 g/mol. The van der Waals surface area contributed by atoms with Gasteiger partial charge in [0.15, 0.2) is 0 Å². The van der Waals surface area contributed by atoms with Gasteiger partial charge in [0.1, 0.15) is 5.75 Å². The topological polar surface area (TPSA) is 35.2 Å². The quantitative estimate of drug-likeness (QED) is 0.576. The van der Waals surface area contributed by atoms with Crippen LogP contribution in [-0.4, -0.2) is 6.61 Å². The Morgan fingerprint density at radius 1 is 1.29 bits per heavy atom. The first-order chi connectivity index (χ1) is 6.74. The van der Waals surface area contributed by atoms with Crippen molar-refractivity contribution in [1.29, 1.82) is 0 Å². The van der Waals surface area contributed by atoms with Crippen LogP contribution in [-0.2, 0) is 0 Å². The minimum absolute atomic E-state index is 0.729. The van der Waals surface area contributed by atoms with Crippen LogP contribution in [0.2, 0.25) is 0 Å². The number of ether oxygens (including phenoxy) is 1. The summed E-state index contributed by atoms with van der Waals surface area (Å²) in [5.41, 5.74) is 7.69. The predicted octanol–water partition coefficient (Wildman–Crippen LogP) is 3.15. The second-order valence-corrected chi connectivity index (χ2v) is 3.60. The fourth-order valence-corrected chi connectivity index (χ4v) is 1.30. The third-order valence-electron chi connectivity index (χ3n) is 2.17. The smallest absolute Gasteiger partial charge is 0.142 e. The lowest BCUT2D eigenvalue weighted by atomic mass is 10.2. The summed E-state index contributed by atoms with van der Waals surface area (Å²) in [4.78, 5) is 0.